The van der Waals surface area contributed by atoms with Crippen molar-refractivity contribution in [3.63, 3.8) is 0 Å². The lowest BCUT2D eigenvalue weighted by Gasteiger charge is -2.17. The van der Waals surface area contributed by atoms with Crippen molar-refractivity contribution in [3.05, 3.63) is 22.7 Å². The minimum absolute atomic E-state index is 0.265. The van der Waals surface area contributed by atoms with Gasteiger partial charge < -0.3 is 4.98 Å². The monoisotopic (exact) mass is 235 g/mol. The minimum Gasteiger partial charge on any atom is -0.382 e. The molecule has 0 unspecified atom stereocenters. The third-order valence-electron chi connectivity index (χ3n) is 1.84. The largest absolute Gasteiger partial charge is 0.382 e. The van der Waals surface area contributed by atoms with Gasteiger partial charge in [0, 0.05) is 12.4 Å². The lowest BCUT2D eigenvalue weighted by molar-refractivity contribution is 1.12. The molecular weight excluding hydrogens is 222 g/mol. The van der Waals surface area contributed by atoms with Crippen molar-refractivity contribution in [2.75, 3.05) is 4.98 Å². The molecule has 7 heteroatoms. The Labute approximate surface area is 93.3 Å². The highest BCUT2D eigenvalue weighted by molar-refractivity contribution is 6.79. The molecule has 0 aliphatic carbocycles. The van der Waals surface area contributed by atoms with E-state index >= 15 is 0 Å². The molecule has 16 heavy (non-hydrogen) atoms. The highest BCUT2D eigenvalue weighted by atomic mass is 28.3. The summed E-state index contributed by atoms with van der Waals surface area (Å²) in [4.78, 5) is 29.7. The maximum atomic E-state index is 11.7. The van der Waals surface area contributed by atoms with Crippen LogP contribution in [0.5, 0.6) is 0 Å². The van der Waals surface area contributed by atoms with E-state index in [1.165, 1.54) is 12.4 Å². The second kappa shape index (κ2) is 3.67. The van der Waals surface area contributed by atoms with Crippen LogP contribution in [0.3, 0.4) is 0 Å². The zero-order chi connectivity index (χ0) is 11.8. The summed E-state index contributed by atoms with van der Waals surface area (Å²) in [5, 5.41) is 0. The average Bonchev–Trinajstić information content (AvgIpc) is 2.15. The normalized spacial score (nSPS) is 11.7. The topological polar surface area (TPSA) is 83.6 Å². The number of fused-ring (bicyclic) bond motifs is 1. The number of hydrogen-bond donors (Lipinski definition) is 2. The summed E-state index contributed by atoms with van der Waals surface area (Å²) in [5.41, 5.74) is 0.370. The molecule has 0 atom stereocenters. The fourth-order valence-corrected chi connectivity index (χ4v) is 2.12. The summed E-state index contributed by atoms with van der Waals surface area (Å²) >= 11 is 0. The van der Waals surface area contributed by atoms with Gasteiger partial charge in [-0.15, -0.1) is 0 Å². The highest BCUT2D eigenvalue weighted by Crippen LogP contribution is 2.07. The summed E-state index contributed by atoms with van der Waals surface area (Å²) in [6.07, 6.45) is 3.00. The number of nitrogens with one attached hydrogen (secondary N) is 2. The minimum atomic E-state index is -1.54. The maximum Gasteiger partial charge on any atom is 0.280 e. The van der Waals surface area contributed by atoms with E-state index in [-0.39, 0.29) is 11.1 Å². The average molecular weight is 235 g/mol. The second-order valence-corrected chi connectivity index (χ2v) is 9.27. The Morgan fingerprint density at radius 1 is 1.25 bits per heavy atom. The molecule has 0 saturated carbocycles. The van der Waals surface area contributed by atoms with Gasteiger partial charge in [0.2, 0.25) is 0 Å². The van der Waals surface area contributed by atoms with Crippen molar-refractivity contribution >= 4 is 25.3 Å². The fraction of sp³-hybridized carbons (Fsp3) is 0.333. The Balaban J connectivity index is 2.54. The maximum absolute atomic E-state index is 11.7. The van der Waals surface area contributed by atoms with E-state index in [2.05, 4.69) is 44.6 Å². The first-order valence-electron chi connectivity index (χ1n) is 4.95. The Bertz CT molecular complexity index is 574. The van der Waals surface area contributed by atoms with Crippen LogP contribution in [-0.2, 0) is 0 Å². The van der Waals surface area contributed by atoms with Crippen LogP contribution in [0.15, 0.2) is 17.2 Å². The molecule has 0 radical (unpaired) electrons. The molecule has 2 rings (SSSR count). The van der Waals surface area contributed by atoms with Gasteiger partial charge >= 0.3 is 0 Å². The van der Waals surface area contributed by atoms with Crippen LogP contribution in [0.1, 0.15) is 0 Å². The first kappa shape index (κ1) is 10.7. The standard InChI is InChI=1S/C9H13N5OSi/c1-16(2,3)14-9-12-7-6(8(15)13-9)10-4-5-11-7/h4-5H,1-3H3,(H2,11,12,13,14,15). The van der Waals surface area contributed by atoms with Crippen LogP contribution in [0.4, 0.5) is 5.95 Å². The van der Waals surface area contributed by atoms with Crippen LogP contribution in [0.2, 0.25) is 19.6 Å². The molecule has 0 aliphatic heterocycles. The first-order valence-corrected chi connectivity index (χ1v) is 8.45. The van der Waals surface area contributed by atoms with Gasteiger partial charge in [0.25, 0.3) is 5.56 Å². The summed E-state index contributed by atoms with van der Waals surface area (Å²) in [7, 11) is -1.54. The van der Waals surface area contributed by atoms with Gasteiger partial charge in [0.15, 0.2) is 17.1 Å². The van der Waals surface area contributed by atoms with Crippen LogP contribution in [0, 0.1) is 0 Å². The molecule has 0 amide bonds. The van der Waals surface area contributed by atoms with E-state index in [0.717, 1.165) is 0 Å². The molecule has 0 bridgehead atoms. The smallest absolute Gasteiger partial charge is 0.280 e. The van der Waals surface area contributed by atoms with Gasteiger partial charge in [-0.3, -0.25) is 9.78 Å². The third kappa shape index (κ3) is 2.24. The van der Waals surface area contributed by atoms with Crippen molar-refractivity contribution in [1.29, 1.82) is 0 Å². The number of aromatic nitrogens is 4. The Morgan fingerprint density at radius 3 is 2.62 bits per heavy atom. The molecule has 0 spiro atoms. The molecule has 84 valence electrons. The Kier molecular flexibility index (Phi) is 2.47. The van der Waals surface area contributed by atoms with Gasteiger partial charge in [-0.1, -0.05) is 19.6 Å². The number of anilines is 1. The quantitative estimate of drug-likeness (QED) is 0.757. The molecular formula is C9H13N5OSi. The Morgan fingerprint density at radius 2 is 1.94 bits per heavy atom. The molecule has 2 heterocycles. The predicted octanol–water partition coefficient (Wildman–Crippen LogP) is 0.960. The lowest BCUT2D eigenvalue weighted by atomic mass is 10.5. The van der Waals surface area contributed by atoms with E-state index in [1.54, 1.807) is 0 Å². The van der Waals surface area contributed by atoms with Gasteiger partial charge in [-0.2, -0.15) is 4.98 Å². The molecule has 2 aromatic heterocycles. The van der Waals surface area contributed by atoms with Crippen LogP contribution >= 0.6 is 0 Å². The summed E-state index contributed by atoms with van der Waals surface area (Å²) in [6.45, 7) is 6.36. The van der Waals surface area contributed by atoms with Crippen molar-refractivity contribution < 1.29 is 0 Å². The summed E-state index contributed by atoms with van der Waals surface area (Å²) in [5.74, 6) is 0.470. The van der Waals surface area contributed by atoms with Gasteiger partial charge in [-0.25, -0.2) is 9.97 Å². The summed E-state index contributed by atoms with van der Waals surface area (Å²) < 4.78 is 0. The zero-order valence-corrected chi connectivity index (χ0v) is 10.4. The Hall–Kier alpha value is -1.76. The van der Waals surface area contributed by atoms with Crippen molar-refractivity contribution in [2.24, 2.45) is 0 Å². The molecule has 2 aromatic rings. The van der Waals surface area contributed by atoms with Gasteiger partial charge in [-0.05, 0) is 0 Å². The molecule has 0 aromatic carbocycles. The number of rotatable bonds is 2. The number of hydrogen-bond acceptors (Lipinski definition) is 5. The second-order valence-electron chi connectivity index (χ2n) is 4.52. The van der Waals surface area contributed by atoms with Crippen LogP contribution in [0.25, 0.3) is 11.2 Å². The van der Waals surface area contributed by atoms with Crippen LogP contribution in [-0.4, -0.2) is 28.2 Å². The van der Waals surface area contributed by atoms with E-state index in [1.807, 2.05) is 0 Å². The van der Waals surface area contributed by atoms with Gasteiger partial charge in [0.05, 0.1) is 0 Å². The van der Waals surface area contributed by atoms with E-state index in [9.17, 15) is 4.79 Å². The summed E-state index contributed by atoms with van der Waals surface area (Å²) in [6, 6.07) is 0. The lowest BCUT2D eigenvalue weighted by Crippen LogP contribution is -2.34. The SMILES string of the molecule is C[Si](C)(C)Nc1nc2nccnc2c(=O)[nH]1. The zero-order valence-electron chi connectivity index (χ0n) is 9.40. The first-order chi connectivity index (χ1) is 7.46. The molecule has 2 N–H and O–H groups in total. The molecule has 0 saturated heterocycles. The third-order valence-corrected chi connectivity index (χ3v) is 2.82. The van der Waals surface area contributed by atoms with E-state index in [4.69, 9.17) is 0 Å². The number of H-pyrrole nitrogens is 1. The predicted molar refractivity (Wildman–Crippen MR) is 64.9 cm³/mol. The van der Waals surface area contributed by atoms with Crippen molar-refractivity contribution in [1.82, 2.24) is 19.9 Å². The fourth-order valence-electron chi connectivity index (χ4n) is 1.29. The molecule has 0 aliphatic rings. The van der Waals surface area contributed by atoms with Crippen molar-refractivity contribution in [3.8, 4) is 0 Å². The van der Waals surface area contributed by atoms with Gasteiger partial charge in [0.1, 0.15) is 8.24 Å². The van der Waals surface area contributed by atoms with Crippen LogP contribution < -0.4 is 10.5 Å². The molecule has 0 fully saturated rings. The van der Waals surface area contributed by atoms with Crippen molar-refractivity contribution in [2.45, 2.75) is 19.6 Å². The number of nitrogens with zero attached hydrogens (tertiary/aromatic N) is 3. The molecule has 6 nitrogen and oxygen atoms in total. The van der Waals surface area contributed by atoms with E-state index < -0.39 is 8.24 Å². The van der Waals surface area contributed by atoms with E-state index in [0.29, 0.717) is 11.6 Å². The highest BCUT2D eigenvalue weighted by Gasteiger charge is 2.15. The number of aromatic amines is 1.